The number of ether oxygens (including phenoxy) is 1. The number of aromatic nitrogens is 2. The summed E-state index contributed by atoms with van der Waals surface area (Å²) in [5, 5.41) is 0. The number of carbonyl (C=O) groups is 2. The van der Waals surface area contributed by atoms with Crippen LogP contribution in [0.5, 0.6) is 0 Å². The van der Waals surface area contributed by atoms with Crippen LogP contribution in [0.3, 0.4) is 0 Å². The van der Waals surface area contributed by atoms with E-state index < -0.39 is 36.2 Å². The van der Waals surface area contributed by atoms with Crippen LogP contribution in [-0.2, 0) is 28.5 Å². The van der Waals surface area contributed by atoms with Crippen molar-refractivity contribution in [1.82, 2.24) is 9.97 Å². The summed E-state index contributed by atoms with van der Waals surface area (Å²) in [6.45, 7) is 9.17. The lowest BCUT2D eigenvalue weighted by atomic mass is 9.81. The van der Waals surface area contributed by atoms with Crippen LogP contribution in [0.25, 0.3) is 0 Å². The summed E-state index contributed by atoms with van der Waals surface area (Å²) in [5.41, 5.74) is 2.00. The van der Waals surface area contributed by atoms with E-state index in [1.54, 1.807) is 0 Å². The van der Waals surface area contributed by atoms with Gasteiger partial charge in [0.05, 0.1) is 18.3 Å². The zero-order chi connectivity index (χ0) is 18.8. The van der Waals surface area contributed by atoms with Crippen molar-refractivity contribution >= 4 is 30.5 Å². The second kappa shape index (κ2) is 6.97. The Morgan fingerprint density at radius 1 is 1.12 bits per heavy atom. The normalized spacial score (nSPS) is 19.2. The Kier molecular flexibility index (Phi) is 5.33. The molecule has 0 aromatic carbocycles. The minimum absolute atomic E-state index is 0.0608. The first-order valence-corrected chi connectivity index (χ1v) is 7.79. The molecule has 0 aliphatic carbocycles. The van der Waals surface area contributed by atoms with E-state index in [0.29, 0.717) is 5.46 Å². The molecule has 1 aromatic rings. The average Bonchev–Trinajstić information content (AvgIpc) is 2.79. The van der Waals surface area contributed by atoms with Gasteiger partial charge in [0.1, 0.15) is 0 Å². The van der Waals surface area contributed by atoms with Gasteiger partial charge in [0.2, 0.25) is 0 Å². The van der Waals surface area contributed by atoms with E-state index in [4.69, 9.17) is 14.1 Å². The number of nitrogens with one attached hydrogen (secondary N) is 1. The summed E-state index contributed by atoms with van der Waals surface area (Å²) in [5.74, 6) is -2.48. The Morgan fingerprint density at radius 3 is 2.12 bits per heavy atom. The summed E-state index contributed by atoms with van der Waals surface area (Å²) in [6.07, 6.45) is 3.02. The molecule has 1 saturated heterocycles. The zero-order valence-electron chi connectivity index (χ0n) is 15.2. The molecule has 1 atom stereocenters. The van der Waals surface area contributed by atoms with Gasteiger partial charge in [-0.25, -0.2) is 14.8 Å². The molecule has 2 heterocycles. The fourth-order valence-electron chi connectivity index (χ4n) is 1.95. The number of carbonyl (C=O) groups excluding carboxylic acids is 2. The molecule has 1 N–H and O–H groups in total. The fourth-order valence-corrected chi connectivity index (χ4v) is 1.95. The second-order valence-electron chi connectivity index (χ2n) is 6.70. The van der Waals surface area contributed by atoms with Crippen LogP contribution in [0, 0.1) is 5.92 Å². The first kappa shape index (κ1) is 19.1. The molecule has 25 heavy (non-hydrogen) atoms. The lowest BCUT2D eigenvalue weighted by Crippen LogP contribution is -2.41. The van der Waals surface area contributed by atoms with Crippen molar-refractivity contribution in [3.63, 3.8) is 0 Å². The number of methoxy groups -OCH3 is 1. The smallest absolute Gasteiger partial charge is 0.468 e. The fraction of sp³-hybridized carbons (Fsp3) is 0.600. The van der Waals surface area contributed by atoms with E-state index >= 15 is 0 Å². The lowest BCUT2D eigenvalue weighted by Gasteiger charge is -2.32. The molecule has 0 saturated carbocycles. The van der Waals surface area contributed by atoms with Crippen molar-refractivity contribution in [2.45, 2.75) is 45.8 Å². The Morgan fingerprint density at radius 2 is 1.64 bits per heavy atom. The zero-order valence-corrected chi connectivity index (χ0v) is 15.2. The highest BCUT2D eigenvalue weighted by Crippen LogP contribution is 2.36. The minimum Gasteiger partial charge on any atom is -0.468 e. The van der Waals surface area contributed by atoms with Crippen LogP contribution < -0.4 is 10.9 Å². The molecular weight excluding hydrogens is 329 g/mol. The number of hydrogen-bond acceptors (Lipinski definition) is 9. The third-order valence-corrected chi connectivity index (χ3v) is 4.35. The van der Waals surface area contributed by atoms with Crippen molar-refractivity contribution in [2.75, 3.05) is 12.6 Å². The molecular formula is C15H22BN3O6. The molecule has 1 aliphatic rings. The third kappa shape index (κ3) is 4.08. The largest absolute Gasteiger partial charge is 0.498 e. The Labute approximate surface area is 146 Å². The Bertz CT molecular complexity index is 633. The molecule has 1 aromatic heterocycles. The van der Waals surface area contributed by atoms with E-state index in [2.05, 4.69) is 20.2 Å². The topological polar surface area (TPSA) is 109 Å². The standard InChI is InChI=1S/C15H22BN3O6/c1-9(11(20)22-6)12(21)23-19-13-17-7-10(8-18-13)16-24-14(2,3)15(4,5)25-16/h7-9H,1-6H3,(H,17,18,19). The van der Waals surface area contributed by atoms with Crippen LogP contribution >= 0.6 is 0 Å². The van der Waals surface area contributed by atoms with Gasteiger partial charge in [0.25, 0.3) is 5.95 Å². The van der Waals surface area contributed by atoms with Crippen molar-refractivity contribution in [3.8, 4) is 0 Å². The predicted octanol–water partition coefficient (Wildman–Crippen LogP) is 0.455. The van der Waals surface area contributed by atoms with E-state index in [1.807, 2.05) is 27.7 Å². The molecule has 9 nitrogen and oxygen atoms in total. The Balaban J connectivity index is 1.95. The maximum atomic E-state index is 11.7. The summed E-state index contributed by atoms with van der Waals surface area (Å²) in [4.78, 5) is 35.8. The molecule has 2 rings (SSSR count). The maximum Gasteiger partial charge on any atom is 0.498 e. The predicted molar refractivity (Wildman–Crippen MR) is 88.6 cm³/mol. The molecule has 1 aliphatic heterocycles. The van der Waals surface area contributed by atoms with Crippen molar-refractivity contribution in [1.29, 1.82) is 0 Å². The molecule has 0 radical (unpaired) electrons. The lowest BCUT2D eigenvalue weighted by molar-refractivity contribution is -0.157. The highest BCUT2D eigenvalue weighted by atomic mass is 16.7. The van der Waals surface area contributed by atoms with Gasteiger partial charge in [0, 0.05) is 17.9 Å². The molecule has 136 valence electrons. The number of nitrogens with zero attached hydrogens (tertiary/aromatic N) is 2. The summed E-state index contributed by atoms with van der Waals surface area (Å²) < 4.78 is 16.3. The highest BCUT2D eigenvalue weighted by molar-refractivity contribution is 6.61. The molecule has 0 amide bonds. The monoisotopic (exact) mass is 351 g/mol. The van der Waals surface area contributed by atoms with Crippen LogP contribution in [0.4, 0.5) is 5.95 Å². The Hall–Kier alpha value is -2.20. The minimum atomic E-state index is -1.05. The summed E-state index contributed by atoms with van der Waals surface area (Å²) in [6, 6.07) is 0. The molecule has 1 unspecified atom stereocenters. The van der Waals surface area contributed by atoms with E-state index in [-0.39, 0.29) is 5.95 Å². The van der Waals surface area contributed by atoms with Crippen LogP contribution in [-0.4, -0.2) is 47.3 Å². The quantitative estimate of drug-likeness (QED) is 0.350. The molecule has 10 heteroatoms. The maximum absolute atomic E-state index is 11.7. The van der Waals surface area contributed by atoms with E-state index in [0.717, 1.165) is 0 Å². The van der Waals surface area contributed by atoms with Crippen LogP contribution in [0.1, 0.15) is 34.6 Å². The number of esters is 1. The van der Waals surface area contributed by atoms with Crippen molar-refractivity contribution < 1.29 is 28.5 Å². The van der Waals surface area contributed by atoms with Crippen molar-refractivity contribution in [2.24, 2.45) is 5.92 Å². The number of hydrogen-bond donors (Lipinski definition) is 1. The average molecular weight is 351 g/mol. The first-order chi connectivity index (χ1) is 11.6. The van der Waals surface area contributed by atoms with Crippen LogP contribution in [0.2, 0.25) is 0 Å². The van der Waals surface area contributed by atoms with Gasteiger partial charge in [-0.15, -0.1) is 0 Å². The SMILES string of the molecule is COC(=O)C(C)C(=O)ONc1ncc(B2OC(C)(C)C(C)(C)O2)cn1. The first-order valence-electron chi connectivity index (χ1n) is 7.79. The van der Waals surface area contributed by atoms with Gasteiger partial charge in [-0.1, -0.05) is 0 Å². The number of anilines is 1. The molecule has 1 fully saturated rings. The van der Waals surface area contributed by atoms with Gasteiger partial charge in [0.15, 0.2) is 5.92 Å². The van der Waals surface area contributed by atoms with E-state index in [1.165, 1.54) is 26.4 Å². The summed E-state index contributed by atoms with van der Waals surface area (Å²) >= 11 is 0. The van der Waals surface area contributed by atoms with Gasteiger partial charge in [-0.2, -0.15) is 5.48 Å². The molecule has 0 bridgehead atoms. The van der Waals surface area contributed by atoms with Gasteiger partial charge >= 0.3 is 19.1 Å². The van der Waals surface area contributed by atoms with Gasteiger partial charge < -0.3 is 18.9 Å². The van der Waals surface area contributed by atoms with Crippen LogP contribution in [0.15, 0.2) is 12.4 Å². The van der Waals surface area contributed by atoms with Gasteiger partial charge in [-0.05, 0) is 34.6 Å². The summed E-state index contributed by atoms with van der Waals surface area (Å²) in [7, 11) is 0.609. The second-order valence-corrected chi connectivity index (χ2v) is 6.70. The van der Waals surface area contributed by atoms with E-state index in [9.17, 15) is 9.59 Å². The highest BCUT2D eigenvalue weighted by Gasteiger charge is 2.51. The number of rotatable bonds is 5. The molecule has 0 spiro atoms. The third-order valence-electron chi connectivity index (χ3n) is 4.35. The van der Waals surface area contributed by atoms with Gasteiger partial charge in [-0.3, -0.25) is 4.79 Å². The van der Waals surface area contributed by atoms with Crippen molar-refractivity contribution in [3.05, 3.63) is 12.4 Å².